The summed E-state index contributed by atoms with van der Waals surface area (Å²) < 4.78 is 0. The molecule has 1 aliphatic rings. The van der Waals surface area contributed by atoms with Gasteiger partial charge >= 0.3 is 0 Å². The number of anilines is 1. The molecule has 2 nitrogen and oxygen atoms in total. The molecule has 1 aromatic carbocycles. The summed E-state index contributed by atoms with van der Waals surface area (Å²) in [6.07, 6.45) is 4.39. The monoisotopic (exact) mass is 237 g/mol. The van der Waals surface area contributed by atoms with Gasteiger partial charge in [0, 0.05) is 16.6 Å². The second-order valence-corrected chi connectivity index (χ2v) is 4.87. The van der Waals surface area contributed by atoms with Crippen molar-refractivity contribution < 1.29 is 4.79 Å². The number of carbonyl (C=O) groups excluding carboxylic acids is 1. The van der Waals surface area contributed by atoms with Crippen LogP contribution in [-0.4, -0.2) is 5.91 Å². The average molecular weight is 238 g/mol. The zero-order chi connectivity index (χ0) is 11.5. The van der Waals surface area contributed by atoms with E-state index in [0.717, 1.165) is 24.1 Å². The first-order chi connectivity index (χ1) is 7.66. The number of hydrogen-bond acceptors (Lipinski definition) is 1. The summed E-state index contributed by atoms with van der Waals surface area (Å²) in [7, 11) is 0. The van der Waals surface area contributed by atoms with Crippen LogP contribution < -0.4 is 5.32 Å². The van der Waals surface area contributed by atoms with Crippen molar-refractivity contribution in [2.45, 2.75) is 32.6 Å². The highest BCUT2D eigenvalue weighted by atomic mass is 35.5. The van der Waals surface area contributed by atoms with E-state index in [9.17, 15) is 4.79 Å². The maximum Gasteiger partial charge on any atom is 0.227 e. The van der Waals surface area contributed by atoms with Crippen molar-refractivity contribution in [2.24, 2.45) is 5.92 Å². The highest BCUT2D eigenvalue weighted by Gasteiger charge is 2.22. The molecule has 3 heteroatoms. The average Bonchev–Trinajstić information content (AvgIpc) is 2.76. The molecule has 0 atom stereocenters. The lowest BCUT2D eigenvalue weighted by Crippen LogP contribution is -2.20. The molecule has 16 heavy (non-hydrogen) atoms. The van der Waals surface area contributed by atoms with E-state index in [1.165, 1.54) is 12.8 Å². The lowest BCUT2D eigenvalue weighted by atomic mass is 10.1. The van der Waals surface area contributed by atoms with Crippen molar-refractivity contribution in [3.8, 4) is 0 Å². The van der Waals surface area contributed by atoms with Gasteiger partial charge in [0.1, 0.15) is 0 Å². The number of halogens is 1. The number of aryl methyl sites for hydroxylation is 1. The molecule has 0 unspecified atom stereocenters. The smallest absolute Gasteiger partial charge is 0.227 e. The molecule has 1 aromatic rings. The lowest BCUT2D eigenvalue weighted by Gasteiger charge is -2.12. The largest absolute Gasteiger partial charge is 0.326 e. The van der Waals surface area contributed by atoms with Crippen LogP contribution in [0.4, 0.5) is 5.69 Å². The van der Waals surface area contributed by atoms with Gasteiger partial charge < -0.3 is 5.32 Å². The summed E-state index contributed by atoms with van der Waals surface area (Å²) >= 11 is 5.91. The molecule has 1 amide bonds. The van der Waals surface area contributed by atoms with E-state index in [4.69, 9.17) is 11.6 Å². The minimum absolute atomic E-state index is 0.142. The first-order valence-electron chi connectivity index (χ1n) is 5.74. The molecule has 1 fully saturated rings. The molecule has 1 aliphatic carbocycles. The van der Waals surface area contributed by atoms with Gasteiger partial charge in [-0.1, -0.05) is 30.5 Å². The molecule has 2 rings (SSSR count). The SMILES string of the molecule is Cc1ccc(Cl)cc1NC(=O)C1CCCC1. The van der Waals surface area contributed by atoms with Gasteiger partial charge in [0.25, 0.3) is 0 Å². The Bertz CT molecular complexity index is 397. The minimum Gasteiger partial charge on any atom is -0.326 e. The standard InChI is InChI=1S/C13H16ClNO/c1-9-6-7-11(14)8-12(9)15-13(16)10-4-2-3-5-10/h6-8,10H,2-5H2,1H3,(H,15,16). The zero-order valence-corrected chi connectivity index (χ0v) is 10.2. The Morgan fingerprint density at radius 3 is 2.75 bits per heavy atom. The predicted molar refractivity (Wildman–Crippen MR) is 66.8 cm³/mol. The molecule has 0 saturated heterocycles. The van der Waals surface area contributed by atoms with Crippen LogP contribution in [0.1, 0.15) is 31.2 Å². The summed E-state index contributed by atoms with van der Waals surface area (Å²) in [4.78, 5) is 11.9. The molecular formula is C13H16ClNO. The van der Waals surface area contributed by atoms with Gasteiger partial charge in [0.2, 0.25) is 5.91 Å². The fraction of sp³-hybridized carbons (Fsp3) is 0.462. The Morgan fingerprint density at radius 2 is 2.06 bits per heavy atom. The van der Waals surface area contributed by atoms with Crippen LogP contribution in [0.3, 0.4) is 0 Å². The van der Waals surface area contributed by atoms with Crippen molar-refractivity contribution in [2.75, 3.05) is 5.32 Å². The van der Waals surface area contributed by atoms with Crippen LogP contribution in [-0.2, 0) is 4.79 Å². The highest BCUT2D eigenvalue weighted by molar-refractivity contribution is 6.31. The van der Waals surface area contributed by atoms with Gasteiger partial charge in [0.15, 0.2) is 0 Å². The van der Waals surface area contributed by atoms with E-state index in [1.54, 1.807) is 0 Å². The van der Waals surface area contributed by atoms with Crippen LogP contribution in [0.5, 0.6) is 0 Å². The summed E-state index contributed by atoms with van der Waals surface area (Å²) in [5.41, 5.74) is 1.89. The molecule has 0 aliphatic heterocycles. The first kappa shape index (κ1) is 11.5. The Balaban J connectivity index is 2.07. The van der Waals surface area contributed by atoms with Crippen molar-refractivity contribution in [3.63, 3.8) is 0 Å². The van der Waals surface area contributed by atoms with Crippen LogP contribution in [0.15, 0.2) is 18.2 Å². The quantitative estimate of drug-likeness (QED) is 0.834. The predicted octanol–water partition coefficient (Wildman–Crippen LogP) is 3.78. The normalized spacial score (nSPS) is 16.4. The fourth-order valence-corrected chi connectivity index (χ4v) is 2.32. The maximum atomic E-state index is 11.9. The van der Waals surface area contributed by atoms with E-state index in [-0.39, 0.29) is 11.8 Å². The summed E-state index contributed by atoms with van der Waals surface area (Å²) in [6.45, 7) is 1.97. The second kappa shape index (κ2) is 4.88. The van der Waals surface area contributed by atoms with Crippen molar-refractivity contribution in [1.82, 2.24) is 0 Å². The number of hydrogen-bond donors (Lipinski definition) is 1. The Hall–Kier alpha value is -1.02. The Kier molecular flexibility index (Phi) is 3.49. The number of carbonyl (C=O) groups is 1. The number of rotatable bonds is 2. The topological polar surface area (TPSA) is 29.1 Å². The molecule has 0 heterocycles. The Labute approximate surface area is 101 Å². The fourth-order valence-electron chi connectivity index (χ4n) is 2.15. The van der Waals surface area contributed by atoms with Gasteiger partial charge in [0.05, 0.1) is 0 Å². The lowest BCUT2D eigenvalue weighted by molar-refractivity contribution is -0.119. The minimum atomic E-state index is 0.142. The van der Waals surface area contributed by atoms with E-state index in [1.807, 2.05) is 25.1 Å². The van der Waals surface area contributed by atoms with Gasteiger partial charge in [-0.2, -0.15) is 0 Å². The van der Waals surface area contributed by atoms with Crippen LogP contribution in [0, 0.1) is 12.8 Å². The number of benzene rings is 1. The van der Waals surface area contributed by atoms with Crippen LogP contribution >= 0.6 is 11.6 Å². The molecule has 0 bridgehead atoms. The third-order valence-electron chi connectivity index (χ3n) is 3.18. The number of amides is 1. The highest BCUT2D eigenvalue weighted by Crippen LogP contribution is 2.27. The van der Waals surface area contributed by atoms with E-state index in [0.29, 0.717) is 5.02 Å². The van der Waals surface area contributed by atoms with Gasteiger partial charge in [-0.25, -0.2) is 0 Å². The summed E-state index contributed by atoms with van der Waals surface area (Å²) in [5.74, 6) is 0.334. The van der Waals surface area contributed by atoms with Gasteiger partial charge in [-0.3, -0.25) is 4.79 Å². The number of nitrogens with one attached hydrogen (secondary N) is 1. The molecule has 1 N–H and O–H groups in total. The molecular weight excluding hydrogens is 222 g/mol. The molecule has 1 saturated carbocycles. The maximum absolute atomic E-state index is 11.9. The van der Waals surface area contributed by atoms with Crippen LogP contribution in [0.25, 0.3) is 0 Å². The van der Waals surface area contributed by atoms with Crippen molar-refractivity contribution in [3.05, 3.63) is 28.8 Å². The molecule has 86 valence electrons. The van der Waals surface area contributed by atoms with Crippen LogP contribution in [0.2, 0.25) is 5.02 Å². The summed E-state index contributed by atoms with van der Waals surface area (Å²) in [6, 6.07) is 5.57. The van der Waals surface area contributed by atoms with Crippen molar-refractivity contribution in [1.29, 1.82) is 0 Å². The van der Waals surface area contributed by atoms with E-state index in [2.05, 4.69) is 5.32 Å². The molecule has 0 aromatic heterocycles. The first-order valence-corrected chi connectivity index (χ1v) is 6.11. The third kappa shape index (κ3) is 2.56. The van der Waals surface area contributed by atoms with Crippen molar-refractivity contribution >= 4 is 23.2 Å². The van der Waals surface area contributed by atoms with E-state index >= 15 is 0 Å². The third-order valence-corrected chi connectivity index (χ3v) is 3.42. The van der Waals surface area contributed by atoms with Gasteiger partial charge in [-0.15, -0.1) is 0 Å². The zero-order valence-electron chi connectivity index (χ0n) is 9.42. The van der Waals surface area contributed by atoms with Gasteiger partial charge in [-0.05, 0) is 37.5 Å². The molecule has 0 radical (unpaired) electrons. The van der Waals surface area contributed by atoms with E-state index < -0.39 is 0 Å². The Morgan fingerprint density at radius 1 is 1.38 bits per heavy atom. The molecule has 0 spiro atoms. The second-order valence-electron chi connectivity index (χ2n) is 4.43. The summed E-state index contributed by atoms with van der Waals surface area (Å²) in [5, 5.41) is 3.63.